The van der Waals surface area contributed by atoms with Gasteiger partial charge in [0.05, 0.1) is 19.2 Å². The van der Waals surface area contributed by atoms with Crippen LogP contribution in [0, 0.1) is 6.92 Å². The van der Waals surface area contributed by atoms with Crippen molar-refractivity contribution >= 4 is 46.2 Å². The second-order valence-electron chi connectivity index (χ2n) is 10.5. The van der Waals surface area contributed by atoms with Gasteiger partial charge in [-0.15, -0.1) is 0 Å². The standard InChI is InChI=1S/C32H37N5O3S/c1-24-9-13-27(14-10-24)37-31(39)29(23-30(38)33-25-11-15-28(40-2)16-12-25)36(32(37)41)18-6-17-34-19-21-35(22-20-34)26-7-4-3-5-8-26/h3-5,7-16,29H,6,17-23H2,1-2H3,(H,33,38). The molecule has 9 heteroatoms. The van der Waals surface area contributed by atoms with E-state index in [1.165, 1.54) is 5.69 Å². The van der Waals surface area contributed by atoms with E-state index < -0.39 is 6.04 Å². The Labute approximate surface area is 247 Å². The van der Waals surface area contributed by atoms with Gasteiger partial charge in [0.1, 0.15) is 11.8 Å². The molecule has 0 radical (unpaired) electrons. The van der Waals surface area contributed by atoms with Crippen molar-refractivity contribution in [3.8, 4) is 5.75 Å². The number of hydrogen-bond acceptors (Lipinski definition) is 6. The Bertz CT molecular complexity index is 1340. The van der Waals surface area contributed by atoms with Crippen molar-refractivity contribution < 1.29 is 14.3 Å². The lowest BCUT2D eigenvalue weighted by atomic mass is 10.1. The van der Waals surface area contributed by atoms with Crippen molar-refractivity contribution in [3.63, 3.8) is 0 Å². The summed E-state index contributed by atoms with van der Waals surface area (Å²) >= 11 is 5.85. The number of nitrogens with zero attached hydrogens (tertiary/aromatic N) is 4. The molecule has 0 spiro atoms. The lowest BCUT2D eigenvalue weighted by Crippen LogP contribution is -2.47. The zero-order valence-electron chi connectivity index (χ0n) is 23.7. The first-order chi connectivity index (χ1) is 19.9. The van der Waals surface area contributed by atoms with Crippen LogP contribution in [0.3, 0.4) is 0 Å². The first-order valence-electron chi connectivity index (χ1n) is 14.1. The average molecular weight is 572 g/mol. The lowest BCUT2D eigenvalue weighted by Gasteiger charge is -2.36. The summed E-state index contributed by atoms with van der Waals surface area (Å²) in [6, 6.07) is 24.8. The highest BCUT2D eigenvalue weighted by Gasteiger charge is 2.43. The molecule has 2 amide bonds. The number of ether oxygens (including phenoxy) is 1. The zero-order valence-corrected chi connectivity index (χ0v) is 24.5. The van der Waals surface area contributed by atoms with Crippen LogP contribution >= 0.6 is 12.2 Å². The van der Waals surface area contributed by atoms with Crippen molar-refractivity contribution in [1.29, 1.82) is 0 Å². The molecule has 1 unspecified atom stereocenters. The van der Waals surface area contributed by atoms with E-state index in [0.717, 1.165) is 50.4 Å². The maximum absolute atomic E-state index is 13.7. The summed E-state index contributed by atoms with van der Waals surface area (Å²) < 4.78 is 5.20. The maximum Gasteiger partial charge on any atom is 0.256 e. The first-order valence-corrected chi connectivity index (χ1v) is 14.5. The zero-order chi connectivity index (χ0) is 28.8. The van der Waals surface area contributed by atoms with Crippen LogP contribution in [0.1, 0.15) is 18.4 Å². The number of hydrogen-bond donors (Lipinski definition) is 1. The predicted molar refractivity (Wildman–Crippen MR) is 168 cm³/mol. The summed E-state index contributed by atoms with van der Waals surface area (Å²) in [6.45, 7) is 7.46. The van der Waals surface area contributed by atoms with E-state index in [1.54, 1.807) is 36.3 Å². The fraction of sp³-hybridized carbons (Fsp3) is 0.344. The molecule has 2 heterocycles. The van der Waals surface area contributed by atoms with Gasteiger partial charge in [-0.3, -0.25) is 19.4 Å². The predicted octanol–water partition coefficient (Wildman–Crippen LogP) is 4.55. The van der Waals surface area contributed by atoms with E-state index in [1.807, 2.05) is 42.2 Å². The van der Waals surface area contributed by atoms with Gasteiger partial charge in [-0.25, -0.2) is 0 Å². The number of thiocarbonyl (C=S) groups is 1. The molecule has 5 rings (SSSR count). The van der Waals surface area contributed by atoms with Gasteiger partial charge in [0.15, 0.2) is 5.11 Å². The van der Waals surface area contributed by atoms with Crippen LogP contribution in [0.4, 0.5) is 17.1 Å². The van der Waals surface area contributed by atoms with E-state index in [2.05, 4.69) is 39.4 Å². The monoisotopic (exact) mass is 571 g/mol. The number of anilines is 3. The van der Waals surface area contributed by atoms with E-state index >= 15 is 0 Å². The topological polar surface area (TPSA) is 68.4 Å². The normalized spacial score (nSPS) is 17.7. The number of aryl methyl sites for hydroxylation is 1. The van der Waals surface area contributed by atoms with Gasteiger partial charge >= 0.3 is 0 Å². The van der Waals surface area contributed by atoms with Gasteiger partial charge in [0.2, 0.25) is 5.91 Å². The SMILES string of the molecule is COc1ccc(NC(=O)CC2C(=O)N(c3ccc(C)cc3)C(=S)N2CCCN2CCN(c3ccccc3)CC2)cc1. The maximum atomic E-state index is 13.7. The third-order valence-electron chi connectivity index (χ3n) is 7.73. The van der Waals surface area contributed by atoms with E-state index in [-0.39, 0.29) is 18.2 Å². The van der Waals surface area contributed by atoms with Crippen LogP contribution in [0.5, 0.6) is 5.75 Å². The molecule has 0 aliphatic carbocycles. The molecule has 2 aliphatic rings. The Morgan fingerprint density at radius 2 is 1.59 bits per heavy atom. The first kappa shape index (κ1) is 28.6. The summed E-state index contributed by atoms with van der Waals surface area (Å²) in [7, 11) is 1.60. The second-order valence-corrected chi connectivity index (χ2v) is 10.9. The number of nitrogens with one attached hydrogen (secondary N) is 1. The van der Waals surface area contributed by atoms with E-state index in [4.69, 9.17) is 17.0 Å². The Morgan fingerprint density at radius 1 is 0.902 bits per heavy atom. The Hall–Kier alpha value is -3.95. The van der Waals surface area contributed by atoms with Crippen molar-refractivity contribution in [2.45, 2.75) is 25.8 Å². The number of para-hydroxylation sites is 1. The number of methoxy groups -OCH3 is 1. The van der Waals surface area contributed by atoms with Crippen LogP contribution in [0.15, 0.2) is 78.9 Å². The summed E-state index contributed by atoms with van der Waals surface area (Å²) in [6.07, 6.45) is 0.861. The van der Waals surface area contributed by atoms with Crippen LogP contribution in [-0.4, -0.2) is 79.1 Å². The lowest BCUT2D eigenvalue weighted by molar-refractivity contribution is -0.124. The molecule has 1 atom stereocenters. The van der Waals surface area contributed by atoms with Crippen molar-refractivity contribution in [1.82, 2.24) is 9.80 Å². The summed E-state index contributed by atoms with van der Waals surface area (Å²) in [5.74, 6) is 0.310. The Kier molecular flexibility index (Phi) is 9.16. The largest absolute Gasteiger partial charge is 0.497 e. The molecule has 1 N–H and O–H groups in total. The molecule has 8 nitrogen and oxygen atoms in total. The number of rotatable bonds is 10. The molecule has 2 fully saturated rings. The second kappa shape index (κ2) is 13.1. The average Bonchev–Trinajstić information content (AvgIpc) is 3.22. The third kappa shape index (κ3) is 6.86. The molecular formula is C32H37N5O3S. The van der Waals surface area contributed by atoms with E-state index in [9.17, 15) is 9.59 Å². The van der Waals surface area contributed by atoms with Gasteiger partial charge < -0.3 is 19.9 Å². The number of amides is 2. The summed E-state index contributed by atoms with van der Waals surface area (Å²) in [5.41, 5.74) is 3.75. The molecule has 41 heavy (non-hydrogen) atoms. The number of carbonyl (C=O) groups excluding carboxylic acids is 2. The minimum absolute atomic E-state index is 0.0170. The summed E-state index contributed by atoms with van der Waals surface area (Å²) in [4.78, 5) is 35.2. The molecule has 2 saturated heterocycles. The number of piperazine rings is 1. The molecule has 3 aromatic carbocycles. The fourth-order valence-corrected chi connectivity index (χ4v) is 5.83. The fourth-order valence-electron chi connectivity index (χ4n) is 5.41. The van der Waals surface area contributed by atoms with Crippen LogP contribution < -0.4 is 19.9 Å². The number of carbonyl (C=O) groups is 2. The highest BCUT2D eigenvalue weighted by molar-refractivity contribution is 7.80. The van der Waals surface area contributed by atoms with Crippen molar-refractivity contribution in [2.75, 3.05) is 61.5 Å². The Morgan fingerprint density at radius 3 is 2.24 bits per heavy atom. The molecule has 0 saturated carbocycles. The number of benzene rings is 3. The highest BCUT2D eigenvalue weighted by atomic mass is 32.1. The third-order valence-corrected chi connectivity index (χ3v) is 8.15. The Balaban J connectivity index is 1.22. The van der Waals surface area contributed by atoms with Gasteiger partial charge in [-0.2, -0.15) is 0 Å². The smallest absolute Gasteiger partial charge is 0.256 e. The molecular weight excluding hydrogens is 534 g/mol. The van der Waals surface area contributed by atoms with Crippen molar-refractivity contribution in [3.05, 3.63) is 84.4 Å². The molecule has 0 bridgehead atoms. The van der Waals surface area contributed by atoms with Gasteiger partial charge in [-0.05, 0) is 80.6 Å². The summed E-state index contributed by atoms with van der Waals surface area (Å²) in [5, 5.41) is 3.37. The molecule has 214 valence electrons. The molecule has 0 aromatic heterocycles. The molecule has 2 aliphatic heterocycles. The van der Waals surface area contributed by atoms with Crippen LogP contribution in [0.25, 0.3) is 0 Å². The highest BCUT2D eigenvalue weighted by Crippen LogP contribution is 2.28. The quantitative estimate of drug-likeness (QED) is 0.358. The van der Waals surface area contributed by atoms with Gasteiger partial charge in [0.25, 0.3) is 5.91 Å². The minimum Gasteiger partial charge on any atom is -0.497 e. The molecule has 3 aromatic rings. The van der Waals surface area contributed by atoms with E-state index in [0.29, 0.717) is 23.1 Å². The van der Waals surface area contributed by atoms with Crippen molar-refractivity contribution in [2.24, 2.45) is 0 Å². The minimum atomic E-state index is -0.656. The van der Waals surface area contributed by atoms with Gasteiger partial charge in [-0.1, -0.05) is 35.9 Å². The van der Waals surface area contributed by atoms with Crippen LogP contribution in [-0.2, 0) is 9.59 Å². The van der Waals surface area contributed by atoms with Crippen LogP contribution in [0.2, 0.25) is 0 Å². The van der Waals surface area contributed by atoms with Gasteiger partial charge in [0, 0.05) is 44.1 Å².